The molecule has 0 heterocycles. The van der Waals surface area contributed by atoms with Gasteiger partial charge in [0.2, 0.25) is 0 Å². The molecule has 0 aliphatic carbocycles. The van der Waals surface area contributed by atoms with Gasteiger partial charge < -0.3 is 21.1 Å². The Labute approximate surface area is 79.6 Å². The second kappa shape index (κ2) is 4.13. The zero-order valence-corrected chi connectivity index (χ0v) is 7.12. The average Bonchev–Trinajstić information content (AvgIpc) is 2.14. The van der Waals surface area contributed by atoms with Gasteiger partial charge in [0.15, 0.2) is 17.2 Å². The number of aromatic hydroxyl groups is 3. The van der Waals surface area contributed by atoms with E-state index in [0.29, 0.717) is 5.56 Å². The Morgan fingerprint density at radius 3 is 2.14 bits per heavy atom. The SMILES string of the molecule is N/C=N\N=C\c1cc(O)c(O)c(O)c1. The van der Waals surface area contributed by atoms with Gasteiger partial charge in [-0.2, -0.15) is 5.10 Å². The van der Waals surface area contributed by atoms with Crippen molar-refractivity contribution in [3.05, 3.63) is 17.7 Å². The van der Waals surface area contributed by atoms with Crippen molar-refractivity contribution in [3.63, 3.8) is 0 Å². The Morgan fingerprint density at radius 1 is 1.07 bits per heavy atom. The monoisotopic (exact) mass is 195 g/mol. The molecule has 0 atom stereocenters. The lowest BCUT2D eigenvalue weighted by atomic mass is 10.2. The largest absolute Gasteiger partial charge is 0.504 e. The van der Waals surface area contributed by atoms with E-state index in [0.717, 1.165) is 6.34 Å². The van der Waals surface area contributed by atoms with Gasteiger partial charge in [0, 0.05) is 5.56 Å². The summed E-state index contributed by atoms with van der Waals surface area (Å²) in [6.45, 7) is 0. The minimum Gasteiger partial charge on any atom is -0.504 e. The predicted octanol–water partition coefficient (Wildman–Crippen LogP) is 0.124. The Bertz CT molecular complexity index is 364. The molecule has 0 radical (unpaired) electrons. The summed E-state index contributed by atoms with van der Waals surface area (Å²) in [4.78, 5) is 0. The summed E-state index contributed by atoms with van der Waals surface area (Å²) in [7, 11) is 0. The number of phenols is 3. The van der Waals surface area contributed by atoms with Crippen LogP contribution in [0.2, 0.25) is 0 Å². The summed E-state index contributed by atoms with van der Waals surface area (Å²) >= 11 is 0. The van der Waals surface area contributed by atoms with Crippen LogP contribution < -0.4 is 5.73 Å². The third-order valence-electron chi connectivity index (χ3n) is 1.43. The first-order valence-electron chi connectivity index (χ1n) is 3.66. The first kappa shape index (κ1) is 9.85. The molecule has 0 saturated carbocycles. The molecular weight excluding hydrogens is 186 g/mol. The molecule has 14 heavy (non-hydrogen) atoms. The molecule has 0 aromatic heterocycles. The predicted molar refractivity (Wildman–Crippen MR) is 51.7 cm³/mol. The summed E-state index contributed by atoms with van der Waals surface area (Å²) in [5.74, 6) is -1.42. The highest BCUT2D eigenvalue weighted by Gasteiger charge is 2.06. The molecule has 1 aromatic carbocycles. The van der Waals surface area contributed by atoms with Crippen molar-refractivity contribution in [2.24, 2.45) is 15.9 Å². The summed E-state index contributed by atoms with van der Waals surface area (Å²) in [6, 6.07) is 2.45. The van der Waals surface area contributed by atoms with Gasteiger partial charge in [-0.15, -0.1) is 5.10 Å². The first-order valence-corrected chi connectivity index (χ1v) is 3.66. The van der Waals surface area contributed by atoms with Crippen LogP contribution in [0.5, 0.6) is 17.2 Å². The molecular formula is C8H9N3O3. The fraction of sp³-hybridized carbons (Fsp3) is 0. The Morgan fingerprint density at radius 2 is 1.64 bits per heavy atom. The number of hydrogen-bond donors (Lipinski definition) is 4. The standard InChI is InChI=1S/C8H9N3O3/c9-4-11-10-3-5-1-6(12)8(14)7(13)2-5/h1-4,12-14H,(H2,9,11)/b10-3+. The maximum absolute atomic E-state index is 9.10. The van der Waals surface area contributed by atoms with Crippen LogP contribution in [0.3, 0.4) is 0 Å². The third kappa shape index (κ3) is 2.13. The van der Waals surface area contributed by atoms with E-state index in [1.54, 1.807) is 0 Å². The van der Waals surface area contributed by atoms with E-state index in [1.165, 1.54) is 18.3 Å². The molecule has 0 aliphatic heterocycles. The van der Waals surface area contributed by atoms with E-state index in [1.807, 2.05) is 0 Å². The van der Waals surface area contributed by atoms with Crippen molar-refractivity contribution in [1.29, 1.82) is 0 Å². The lowest BCUT2D eigenvalue weighted by molar-refractivity contribution is 0.368. The Hall–Kier alpha value is -2.24. The molecule has 6 nitrogen and oxygen atoms in total. The average molecular weight is 195 g/mol. The molecule has 0 fully saturated rings. The van der Waals surface area contributed by atoms with E-state index in [4.69, 9.17) is 21.1 Å². The van der Waals surface area contributed by atoms with Crippen LogP contribution in [0, 0.1) is 0 Å². The highest BCUT2D eigenvalue weighted by atomic mass is 16.3. The minimum atomic E-state index is -0.565. The summed E-state index contributed by atoms with van der Waals surface area (Å²) < 4.78 is 0. The van der Waals surface area contributed by atoms with Gasteiger partial charge in [-0.3, -0.25) is 0 Å². The van der Waals surface area contributed by atoms with Gasteiger partial charge in [-0.05, 0) is 12.1 Å². The molecule has 6 heteroatoms. The first-order chi connectivity index (χ1) is 6.65. The van der Waals surface area contributed by atoms with E-state index < -0.39 is 17.2 Å². The van der Waals surface area contributed by atoms with Crippen molar-refractivity contribution in [3.8, 4) is 17.2 Å². The zero-order chi connectivity index (χ0) is 10.6. The van der Waals surface area contributed by atoms with Gasteiger partial charge >= 0.3 is 0 Å². The second-order valence-corrected chi connectivity index (χ2v) is 2.42. The van der Waals surface area contributed by atoms with Crippen LogP contribution in [0.15, 0.2) is 22.3 Å². The van der Waals surface area contributed by atoms with E-state index in [9.17, 15) is 0 Å². The Kier molecular flexibility index (Phi) is 2.90. The van der Waals surface area contributed by atoms with Crippen LogP contribution in [0.25, 0.3) is 0 Å². The van der Waals surface area contributed by atoms with Crippen molar-refractivity contribution in [1.82, 2.24) is 0 Å². The number of hydrogen-bond acceptors (Lipinski definition) is 5. The van der Waals surface area contributed by atoms with Crippen LogP contribution in [0.4, 0.5) is 0 Å². The number of phenolic OH excluding ortho intramolecular Hbond substituents is 3. The van der Waals surface area contributed by atoms with Gasteiger partial charge in [0.25, 0.3) is 0 Å². The van der Waals surface area contributed by atoms with Crippen molar-refractivity contribution in [2.75, 3.05) is 0 Å². The van der Waals surface area contributed by atoms with Gasteiger partial charge in [-0.25, -0.2) is 0 Å². The lowest BCUT2D eigenvalue weighted by Gasteiger charge is -2.00. The molecule has 1 aromatic rings. The maximum Gasteiger partial charge on any atom is 0.200 e. The third-order valence-corrected chi connectivity index (χ3v) is 1.43. The molecule has 5 N–H and O–H groups in total. The number of nitrogens with zero attached hydrogens (tertiary/aromatic N) is 2. The molecule has 0 amide bonds. The number of rotatable bonds is 2. The molecule has 0 unspecified atom stereocenters. The van der Waals surface area contributed by atoms with Crippen LogP contribution >= 0.6 is 0 Å². The topological polar surface area (TPSA) is 111 Å². The van der Waals surface area contributed by atoms with E-state index >= 15 is 0 Å². The second-order valence-electron chi connectivity index (χ2n) is 2.42. The highest BCUT2D eigenvalue weighted by molar-refractivity contribution is 5.82. The molecule has 0 saturated heterocycles. The van der Waals surface area contributed by atoms with Crippen LogP contribution in [0.1, 0.15) is 5.56 Å². The fourth-order valence-corrected chi connectivity index (χ4v) is 0.838. The lowest BCUT2D eigenvalue weighted by Crippen LogP contribution is -1.86. The molecule has 1 rings (SSSR count). The van der Waals surface area contributed by atoms with Crippen LogP contribution in [-0.4, -0.2) is 27.9 Å². The fourth-order valence-electron chi connectivity index (χ4n) is 0.838. The van der Waals surface area contributed by atoms with Crippen molar-refractivity contribution in [2.45, 2.75) is 0 Å². The molecule has 0 aliphatic rings. The highest BCUT2D eigenvalue weighted by Crippen LogP contribution is 2.34. The van der Waals surface area contributed by atoms with Crippen molar-refractivity contribution < 1.29 is 15.3 Å². The normalized spacial score (nSPS) is 11.4. The summed E-state index contributed by atoms with van der Waals surface area (Å²) in [5, 5.41) is 34.0. The van der Waals surface area contributed by atoms with Gasteiger partial charge in [0.1, 0.15) is 6.34 Å². The van der Waals surface area contributed by atoms with Crippen LogP contribution in [-0.2, 0) is 0 Å². The maximum atomic E-state index is 9.10. The van der Waals surface area contributed by atoms with Crippen molar-refractivity contribution >= 4 is 12.6 Å². The molecule has 0 bridgehead atoms. The van der Waals surface area contributed by atoms with Gasteiger partial charge in [-0.1, -0.05) is 0 Å². The molecule has 0 spiro atoms. The van der Waals surface area contributed by atoms with E-state index in [-0.39, 0.29) is 0 Å². The minimum absolute atomic E-state index is 0.392. The Balaban J connectivity index is 3.01. The smallest absolute Gasteiger partial charge is 0.200 e. The summed E-state index contributed by atoms with van der Waals surface area (Å²) in [5.41, 5.74) is 5.32. The summed E-state index contributed by atoms with van der Waals surface area (Å²) in [6.07, 6.45) is 2.26. The number of benzene rings is 1. The molecule has 74 valence electrons. The van der Waals surface area contributed by atoms with E-state index in [2.05, 4.69) is 10.2 Å². The number of nitrogens with two attached hydrogens (primary N) is 1. The zero-order valence-electron chi connectivity index (χ0n) is 7.12. The quantitative estimate of drug-likeness (QED) is 0.232. The van der Waals surface area contributed by atoms with Gasteiger partial charge in [0.05, 0.1) is 6.21 Å².